The predicted molar refractivity (Wildman–Crippen MR) is 104 cm³/mol. The number of nitrogens with zero attached hydrogens (tertiary/aromatic N) is 1. The summed E-state index contributed by atoms with van der Waals surface area (Å²) >= 11 is 0. The molecule has 0 atom stereocenters. The van der Waals surface area contributed by atoms with Gasteiger partial charge in [0.25, 0.3) is 0 Å². The number of aliphatic imine (C=N–C) groups is 1. The van der Waals surface area contributed by atoms with Gasteiger partial charge >= 0.3 is 11.9 Å². The molecule has 1 aliphatic rings. The van der Waals surface area contributed by atoms with Crippen LogP contribution in [-0.4, -0.2) is 17.8 Å². The van der Waals surface area contributed by atoms with Gasteiger partial charge in [-0.1, -0.05) is 24.6 Å². The van der Waals surface area contributed by atoms with Crippen molar-refractivity contribution in [1.29, 1.82) is 0 Å². The normalized spacial score (nSPS) is 14.9. The molecule has 0 N–H and O–H groups in total. The summed E-state index contributed by atoms with van der Waals surface area (Å²) in [6.07, 6.45) is 1.99. The Hall–Kier alpha value is -3.21. The van der Waals surface area contributed by atoms with E-state index in [4.69, 9.17) is 9.47 Å². The molecule has 2 aromatic rings. The van der Waals surface area contributed by atoms with E-state index in [2.05, 4.69) is 4.99 Å². The molecule has 1 heterocycles. The fraction of sp³-hybridized carbons (Fsp3) is 0.227. The van der Waals surface area contributed by atoms with Crippen molar-refractivity contribution < 1.29 is 19.1 Å². The molecule has 5 heteroatoms. The third-order valence-corrected chi connectivity index (χ3v) is 4.21. The van der Waals surface area contributed by atoms with Crippen LogP contribution in [-0.2, 0) is 14.3 Å². The van der Waals surface area contributed by atoms with Gasteiger partial charge in [-0.3, -0.25) is 4.79 Å². The zero-order valence-electron chi connectivity index (χ0n) is 15.8. The van der Waals surface area contributed by atoms with Crippen molar-refractivity contribution >= 4 is 23.9 Å². The van der Waals surface area contributed by atoms with E-state index < -0.39 is 5.97 Å². The lowest BCUT2D eigenvalue weighted by Gasteiger charge is -2.11. The molecule has 0 unspecified atom stereocenters. The molecule has 0 fully saturated rings. The minimum Gasteiger partial charge on any atom is -0.426 e. The van der Waals surface area contributed by atoms with Crippen LogP contribution in [0.15, 0.2) is 47.1 Å². The van der Waals surface area contributed by atoms with E-state index in [1.807, 2.05) is 57.2 Å². The number of cyclic esters (lactones) is 1. The van der Waals surface area contributed by atoms with Crippen LogP contribution >= 0.6 is 0 Å². The Kier molecular flexibility index (Phi) is 5.21. The molecule has 0 amide bonds. The summed E-state index contributed by atoms with van der Waals surface area (Å²) in [5.74, 6) is 0.0939. The van der Waals surface area contributed by atoms with Crippen LogP contribution < -0.4 is 4.74 Å². The molecule has 0 radical (unpaired) electrons. The first-order valence-electron chi connectivity index (χ1n) is 8.79. The molecule has 5 nitrogen and oxygen atoms in total. The van der Waals surface area contributed by atoms with Gasteiger partial charge in [-0.05, 0) is 67.8 Å². The summed E-state index contributed by atoms with van der Waals surface area (Å²) in [7, 11) is 0. The monoisotopic (exact) mass is 363 g/mol. The minimum absolute atomic E-state index is 0.239. The lowest BCUT2D eigenvalue weighted by molar-refractivity contribution is -0.134. The van der Waals surface area contributed by atoms with Crippen LogP contribution in [0.5, 0.6) is 5.75 Å². The van der Waals surface area contributed by atoms with Gasteiger partial charge in [-0.15, -0.1) is 0 Å². The third-order valence-electron chi connectivity index (χ3n) is 4.21. The number of hydrogen-bond donors (Lipinski definition) is 0. The van der Waals surface area contributed by atoms with Crippen molar-refractivity contribution in [2.75, 3.05) is 0 Å². The first-order valence-corrected chi connectivity index (χ1v) is 8.79. The number of carbonyl (C=O) groups is 2. The summed E-state index contributed by atoms with van der Waals surface area (Å²) < 4.78 is 10.7. The number of hydrogen-bond acceptors (Lipinski definition) is 5. The highest BCUT2D eigenvalue weighted by molar-refractivity contribution is 6.12. The van der Waals surface area contributed by atoms with Gasteiger partial charge in [0.1, 0.15) is 5.75 Å². The zero-order valence-corrected chi connectivity index (χ0v) is 15.8. The van der Waals surface area contributed by atoms with Gasteiger partial charge in [-0.2, -0.15) is 0 Å². The summed E-state index contributed by atoms with van der Waals surface area (Å²) in [6.45, 7) is 7.47. The Labute approximate surface area is 158 Å². The first-order chi connectivity index (χ1) is 12.9. The highest BCUT2D eigenvalue weighted by atomic mass is 16.6. The fourth-order valence-corrected chi connectivity index (χ4v) is 2.80. The second kappa shape index (κ2) is 7.58. The first kappa shape index (κ1) is 18.6. The molecule has 1 aliphatic heterocycles. The van der Waals surface area contributed by atoms with Crippen molar-refractivity contribution in [3.63, 3.8) is 0 Å². The second-order valence-corrected chi connectivity index (χ2v) is 6.51. The number of esters is 2. The van der Waals surface area contributed by atoms with Crippen molar-refractivity contribution in [2.24, 2.45) is 4.99 Å². The molecule has 0 aliphatic carbocycles. The van der Waals surface area contributed by atoms with Crippen LogP contribution in [0, 0.1) is 20.8 Å². The SMILES string of the molecule is CCC(=O)Oc1c(C)cc(/C=C2\N=C(c3ccc(C)cc3)OC2=O)cc1C. The lowest BCUT2D eigenvalue weighted by atomic mass is 10.0. The zero-order chi connectivity index (χ0) is 19.6. The topological polar surface area (TPSA) is 65.0 Å². The van der Waals surface area contributed by atoms with E-state index >= 15 is 0 Å². The molecular formula is C22H21NO4. The summed E-state index contributed by atoms with van der Waals surface area (Å²) in [6, 6.07) is 11.3. The van der Waals surface area contributed by atoms with Crippen LogP contribution in [0.3, 0.4) is 0 Å². The van der Waals surface area contributed by atoms with Crippen LogP contribution in [0.25, 0.3) is 6.08 Å². The maximum atomic E-state index is 12.2. The fourth-order valence-electron chi connectivity index (χ4n) is 2.80. The van der Waals surface area contributed by atoms with Crippen LogP contribution in [0.2, 0.25) is 0 Å². The smallest absolute Gasteiger partial charge is 0.363 e. The van der Waals surface area contributed by atoms with Gasteiger partial charge in [-0.25, -0.2) is 9.79 Å². The Morgan fingerprint density at radius 1 is 1.11 bits per heavy atom. The van der Waals surface area contributed by atoms with Crippen molar-refractivity contribution in [3.05, 3.63) is 69.9 Å². The highest BCUT2D eigenvalue weighted by Gasteiger charge is 2.24. The molecule has 2 aromatic carbocycles. The van der Waals surface area contributed by atoms with E-state index in [0.717, 1.165) is 27.8 Å². The molecule has 0 aromatic heterocycles. The van der Waals surface area contributed by atoms with Gasteiger partial charge in [0.15, 0.2) is 5.70 Å². The van der Waals surface area contributed by atoms with E-state index in [1.165, 1.54) is 0 Å². The molecule has 0 saturated heterocycles. The number of ether oxygens (including phenoxy) is 2. The van der Waals surface area contributed by atoms with Gasteiger partial charge < -0.3 is 9.47 Å². The summed E-state index contributed by atoms with van der Waals surface area (Å²) in [5, 5.41) is 0. The lowest BCUT2D eigenvalue weighted by Crippen LogP contribution is -2.08. The third kappa shape index (κ3) is 4.14. The van der Waals surface area contributed by atoms with Crippen molar-refractivity contribution in [2.45, 2.75) is 34.1 Å². The Balaban J connectivity index is 1.90. The summed E-state index contributed by atoms with van der Waals surface area (Å²) in [4.78, 5) is 28.1. The minimum atomic E-state index is -0.484. The average molecular weight is 363 g/mol. The number of aryl methyl sites for hydroxylation is 3. The number of carbonyl (C=O) groups excluding carboxylic acids is 2. The maximum Gasteiger partial charge on any atom is 0.363 e. The molecule has 0 saturated carbocycles. The molecule has 138 valence electrons. The largest absolute Gasteiger partial charge is 0.426 e. The molecular weight excluding hydrogens is 342 g/mol. The van der Waals surface area contributed by atoms with Gasteiger partial charge in [0.05, 0.1) is 0 Å². The Morgan fingerprint density at radius 3 is 2.33 bits per heavy atom. The predicted octanol–water partition coefficient (Wildman–Crippen LogP) is 4.27. The van der Waals surface area contributed by atoms with Crippen LogP contribution in [0.1, 0.15) is 41.2 Å². The Morgan fingerprint density at radius 2 is 1.74 bits per heavy atom. The summed E-state index contributed by atoms with van der Waals surface area (Å²) in [5.41, 5.74) is 4.54. The number of rotatable bonds is 4. The van der Waals surface area contributed by atoms with Gasteiger partial charge in [0, 0.05) is 12.0 Å². The van der Waals surface area contributed by atoms with Crippen molar-refractivity contribution in [1.82, 2.24) is 0 Å². The van der Waals surface area contributed by atoms with E-state index in [9.17, 15) is 9.59 Å². The molecule has 3 rings (SSSR count). The quantitative estimate of drug-likeness (QED) is 0.462. The van der Waals surface area contributed by atoms with E-state index in [1.54, 1.807) is 13.0 Å². The highest BCUT2D eigenvalue weighted by Crippen LogP contribution is 2.27. The second-order valence-electron chi connectivity index (χ2n) is 6.51. The van der Waals surface area contributed by atoms with E-state index in [0.29, 0.717) is 18.1 Å². The maximum absolute atomic E-state index is 12.2. The molecule has 0 bridgehead atoms. The average Bonchev–Trinajstić information content (AvgIpc) is 2.99. The number of benzene rings is 2. The van der Waals surface area contributed by atoms with E-state index in [-0.39, 0.29) is 11.7 Å². The standard InChI is InChI=1S/C22H21NO4/c1-5-19(24)26-20-14(3)10-16(11-15(20)4)12-18-22(25)27-21(23-18)17-8-6-13(2)7-9-17/h6-12H,5H2,1-4H3/b18-12-. The van der Waals surface area contributed by atoms with Gasteiger partial charge in [0.2, 0.25) is 5.90 Å². The van der Waals surface area contributed by atoms with Crippen LogP contribution in [0.4, 0.5) is 0 Å². The molecule has 27 heavy (non-hydrogen) atoms. The van der Waals surface area contributed by atoms with Crippen molar-refractivity contribution in [3.8, 4) is 5.75 Å². The molecule has 0 spiro atoms. The Bertz CT molecular complexity index is 945.